The van der Waals surface area contributed by atoms with E-state index < -0.39 is 0 Å². The fraction of sp³-hybridized carbons (Fsp3) is 0.409. The van der Waals surface area contributed by atoms with E-state index in [1.807, 2.05) is 37.1 Å². The van der Waals surface area contributed by atoms with Crippen LogP contribution in [0, 0.1) is 13.8 Å². The first-order valence-corrected chi connectivity index (χ1v) is 10.1. The molecule has 1 aliphatic heterocycles. The van der Waals surface area contributed by atoms with Gasteiger partial charge in [0.2, 0.25) is 0 Å². The van der Waals surface area contributed by atoms with E-state index in [1.165, 1.54) is 0 Å². The summed E-state index contributed by atoms with van der Waals surface area (Å²) in [7, 11) is 0. The van der Waals surface area contributed by atoms with Crippen LogP contribution in [0.4, 0.5) is 0 Å². The van der Waals surface area contributed by atoms with Gasteiger partial charge in [-0.15, -0.1) is 0 Å². The van der Waals surface area contributed by atoms with Crippen LogP contribution in [0.25, 0.3) is 11.1 Å². The predicted molar refractivity (Wildman–Crippen MR) is 108 cm³/mol. The van der Waals surface area contributed by atoms with Gasteiger partial charge in [0, 0.05) is 30.7 Å². The van der Waals surface area contributed by atoms with Gasteiger partial charge in [0.1, 0.15) is 17.1 Å². The molecule has 0 aliphatic carbocycles. The predicted octanol–water partition coefficient (Wildman–Crippen LogP) is 4.07. The summed E-state index contributed by atoms with van der Waals surface area (Å²) in [5.41, 5.74) is 4.15. The second kappa shape index (κ2) is 8.11. The molecular weight excluding hydrogens is 366 g/mol. The summed E-state index contributed by atoms with van der Waals surface area (Å²) in [5, 5.41) is 4.07. The molecule has 150 valence electrons. The second-order valence-electron chi connectivity index (χ2n) is 7.38. The summed E-state index contributed by atoms with van der Waals surface area (Å²) in [4.78, 5) is 28.8. The molecule has 0 bridgehead atoms. The van der Waals surface area contributed by atoms with E-state index in [0.29, 0.717) is 35.8 Å². The third kappa shape index (κ3) is 3.64. The highest BCUT2D eigenvalue weighted by Crippen LogP contribution is 2.37. The Morgan fingerprint density at radius 2 is 2.03 bits per heavy atom. The molecule has 7 nitrogen and oxygen atoms in total. The Labute approximate surface area is 170 Å². The number of likely N-dealkylation sites (tertiary alicyclic amines) is 1. The first-order valence-electron chi connectivity index (χ1n) is 10.1. The van der Waals surface area contributed by atoms with E-state index in [0.717, 1.165) is 36.1 Å². The van der Waals surface area contributed by atoms with Crippen LogP contribution in [0.1, 0.15) is 65.6 Å². The lowest BCUT2D eigenvalue weighted by atomic mass is 9.93. The van der Waals surface area contributed by atoms with Crippen molar-refractivity contribution < 1.29 is 9.32 Å². The van der Waals surface area contributed by atoms with E-state index in [4.69, 9.17) is 9.51 Å². The Morgan fingerprint density at radius 3 is 2.79 bits per heavy atom. The number of piperidine rings is 1. The van der Waals surface area contributed by atoms with Crippen LogP contribution in [-0.2, 0) is 6.42 Å². The average molecular weight is 391 g/mol. The molecule has 4 heterocycles. The number of aryl methyl sites for hydroxylation is 3. The van der Waals surface area contributed by atoms with Crippen molar-refractivity contribution in [1.82, 2.24) is 25.0 Å². The standard InChI is InChI=1S/C22H25N5O2/c1-4-18-20(14(2)29-26-18)22(28)27-12-6-5-7-19(27)21-17(13-24-15(3)25-21)16-8-10-23-11-9-16/h8-11,13,19H,4-7,12H2,1-3H3/t19-/m1/s1. The zero-order valence-corrected chi connectivity index (χ0v) is 17.1. The van der Waals surface area contributed by atoms with Crippen molar-refractivity contribution in [2.45, 2.75) is 52.5 Å². The van der Waals surface area contributed by atoms with Crippen LogP contribution < -0.4 is 0 Å². The van der Waals surface area contributed by atoms with Gasteiger partial charge >= 0.3 is 0 Å². The van der Waals surface area contributed by atoms with Crippen molar-refractivity contribution in [2.75, 3.05) is 6.54 Å². The normalized spacial score (nSPS) is 16.8. The fourth-order valence-electron chi connectivity index (χ4n) is 4.03. The number of pyridine rings is 1. The monoisotopic (exact) mass is 391 g/mol. The van der Waals surface area contributed by atoms with Gasteiger partial charge in [-0.25, -0.2) is 9.97 Å². The number of rotatable bonds is 4. The van der Waals surface area contributed by atoms with E-state index >= 15 is 0 Å². The van der Waals surface area contributed by atoms with Crippen molar-refractivity contribution in [3.8, 4) is 11.1 Å². The van der Waals surface area contributed by atoms with Gasteiger partial charge in [-0.1, -0.05) is 12.1 Å². The van der Waals surface area contributed by atoms with Crippen LogP contribution in [-0.4, -0.2) is 37.5 Å². The third-order valence-corrected chi connectivity index (χ3v) is 5.49. The minimum Gasteiger partial charge on any atom is -0.361 e. The zero-order chi connectivity index (χ0) is 20.4. The summed E-state index contributed by atoms with van der Waals surface area (Å²) in [6.45, 7) is 6.36. The van der Waals surface area contributed by atoms with Crippen LogP contribution >= 0.6 is 0 Å². The molecule has 1 atom stereocenters. The van der Waals surface area contributed by atoms with E-state index in [2.05, 4.69) is 15.1 Å². The van der Waals surface area contributed by atoms with Gasteiger partial charge in [-0.05, 0) is 57.2 Å². The molecule has 1 saturated heterocycles. The lowest BCUT2D eigenvalue weighted by molar-refractivity contribution is 0.0603. The van der Waals surface area contributed by atoms with E-state index in [1.54, 1.807) is 19.3 Å². The molecule has 0 aromatic carbocycles. The van der Waals surface area contributed by atoms with Crippen LogP contribution in [0.2, 0.25) is 0 Å². The summed E-state index contributed by atoms with van der Waals surface area (Å²) < 4.78 is 5.32. The molecular formula is C22H25N5O2. The second-order valence-corrected chi connectivity index (χ2v) is 7.38. The van der Waals surface area contributed by atoms with Gasteiger partial charge in [-0.3, -0.25) is 9.78 Å². The molecule has 0 unspecified atom stereocenters. The molecule has 7 heteroatoms. The minimum atomic E-state index is -0.111. The topological polar surface area (TPSA) is 85.0 Å². The molecule has 1 amide bonds. The number of carbonyl (C=O) groups excluding carboxylic acids is 1. The summed E-state index contributed by atoms with van der Waals surface area (Å²) in [6.07, 6.45) is 8.93. The first-order chi connectivity index (χ1) is 14.1. The Balaban J connectivity index is 1.78. The van der Waals surface area contributed by atoms with E-state index in [-0.39, 0.29) is 11.9 Å². The summed E-state index contributed by atoms with van der Waals surface area (Å²) >= 11 is 0. The number of carbonyl (C=O) groups is 1. The smallest absolute Gasteiger partial charge is 0.259 e. The van der Waals surface area contributed by atoms with Crippen LogP contribution in [0.15, 0.2) is 35.2 Å². The molecule has 0 saturated carbocycles. The molecule has 1 fully saturated rings. The van der Waals surface area contributed by atoms with Gasteiger partial charge in [-0.2, -0.15) is 0 Å². The maximum absolute atomic E-state index is 13.6. The number of amides is 1. The van der Waals surface area contributed by atoms with Gasteiger partial charge in [0.25, 0.3) is 5.91 Å². The number of aromatic nitrogens is 4. The molecule has 0 radical (unpaired) electrons. The van der Waals surface area contributed by atoms with Gasteiger partial charge in [0.05, 0.1) is 17.4 Å². The maximum Gasteiger partial charge on any atom is 0.259 e. The molecule has 3 aromatic rings. The van der Waals surface area contributed by atoms with Crippen molar-refractivity contribution in [3.05, 3.63) is 59.3 Å². The lowest BCUT2D eigenvalue weighted by Crippen LogP contribution is -2.39. The quantitative estimate of drug-likeness (QED) is 0.666. The van der Waals surface area contributed by atoms with Crippen molar-refractivity contribution in [3.63, 3.8) is 0 Å². The van der Waals surface area contributed by atoms with Crippen LogP contribution in [0.3, 0.4) is 0 Å². The summed E-state index contributed by atoms with van der Waals surface area (Å²) in [6, 6.07) is 3.79. The minimum absolute atomic E-state index is 0.0257. The van der Waals surface area contributed by atoms with E-state index in [9.17, 15) is 4.79 Å². The lowest BCUT2D eigenvalue weighted by Gasteiger charge is -2.36. The van der Waals surface area contributed by atoms with Crippen molar-refractivity contribution >= 4 is 5.91 Å². The Hall–Kier alpha value is -3.09. The van der Waals surface area contributed by atoms with Crippen molar-refractivity contribution in [1.29, 1.82) is 0 Å². The molecule has 3 aromatic heterocycles. The maximum atomic E-state index is 13.6. The van der Waals surface area contributed by atoms with Crippen LogP contribution in [0.5, 0.6) is 0 Å². The number of nitrogens with zero attached hydrogens (tertiary/aromatic N) is 5. The highest BCUT2D eigenvalue weighted by atomic mass is 16.5. The van der Waals surface area contributed by atoms with Gasteiger partial charge in [0.15, 0.2) is 0 Å². The SMILES string of the molecule is CCc1noc(C)c1C(=O)N1CCCC[C@@H]1c1nc(C)ncc1-c1ccncc1. The molecule has 4 rings (SSSR count). The Bertz CT molecular complexity index is 1020. The molecule has 0 spiro atoms. The number of hydrogen-bond donors (Lipinski definition) is 0. The van der Waals surface area contributed by atoms with Crippen molar-refractivity contribution in [2.24, 2.45) is 0 Å². The zero-order valence-electron chi connectivity index (χ0n) is 17.1. The Kier molecular flexibility index (Phi) is 5.38. The molecule has 1 aliphatic rings. The Morgan fingerprint density at radius 1 is 1.24 bits per heavy atom. The summed E-state index contributed by atoms with van der Waals surface area (Å²) in [5.74, 6) is 1.25. The van der Waals surface area contributed by atoms with Gasteiger partial charge < -0.3 is 9.42 Å². The fourth-order valence-corrected chi connectivity index (χ4v) is 4.03. The third-order valence-electron chi connectivity index (χ3n) is 5.49. The largest absolute Gasteiger partial charge is 0.361 e. The molecule has 0 N–H and O–H groups in total. The number of hydrogen-bond acceptors (Lipinski definition) is 6. The first kappa shape index (κ1) is 19.2. The average Bonchev–Trinajstić information content (AvgIpc) is 3.14. The highest BCUT2D eigenvalue weighted by molar-refractivity contribution is 5.96. The highest BCUT2D eigenvalue weighted by Gasteiger charge is 2.34. The molecule has 29 heavy (non-hydrogen) atoms.